The van der Waals surface area contributed by atoms with Crippen LogP contribution in [0.25, 0.3) is 11.3 Å². The second kappa shape index (κ2) is 5.41. The molecule has 1 unspecified atom stereocenters. The highest BCUT2D eigenvalue weighted by molar-refractivity contribution is 5.64. The first-order chi connectivity index (χ1) is 9.65. The molecule has 3 nitrogen and oxygen atoms in total. The number of benzene rings is 1. The standard InChI is InChI=1S/C17H23N3/c1-12-6-7-15(13(2)9-12)16-10-17(20(3)19-16)14-5-4-8-18-11-14/h6-7,9-10,14,18H,4-5,8,11H2,1-3H3. The molecule has 0 saturated carbocycles. The minimum Gasteiger partial charge on any atom is -0.316 e. The number of hydrogen-bond donors (Lipinski definition) is 1. The van der Waals surface area contributed by atoms with Crippen LogP contribution in [-0.2, 0) is 7.05 Å². The lowest BCUT2D eigenvalue weighted by molar-refractivity contribution is 0.441. The molecule has 0 radical (unpaired) electrons. The maximum Gasteiger partial charge on any atom is 0.0928 e. The van der Waals surface area contributed by atoms with Gasteiger partial charge in [-0.1, -0.05) is 23.8 Å². The van der Waals surface area contributed by atoms with E-state index in [-0.39, 0.29) is 0 Å². The fourth-order valence-electron chi connectivity index (χ4n) is 3.20. The summed E-state index contributed by atoms with van der Waals surface area (Å²) in [5.41, 5.74) is 6.31. The Hall–Kier alpha value is -1.61. The lowest BCUT2D eigenvalue weighted by atomic mass is 9.95. The Morgan fingerprint density at radius 1 is 1.25 bits per heavy atom. The van der Waals surface area contributed by atoms with Gasteiger partial charge in [-0.25, -0.2) is 0 Å². The van der Waals surface area contributed by atoms with E-state index in [1.54, 1.807) is 0 Å². The zero-order valence-electron chi connectivity index (χ0n) is 12.6. The summed E-state index contributed by atoms with van der Waals surface area (Å²) >= 11 is 0. The van der Waals surface area contributed by atoms with E-state index >= 15 is 0 Å². The van der Waals surface area contributed by atoms with Crippen LogP contribution in [0.15, 0.2) is 24.3 Å². The highest BCUT2D eigenvalue weighted by Crippen LogP contribution is 2.29. The van der Waals surface area contributed by atoms with Crippen LogP contribution >= 0.6 is 0 Å². The van der Waals surface area contributed by atoms with Gasteiger partial charge in [0, 0.05) is 30.8 Å². The summed E-state index contributed by atoms with van der Waals surface area (Å²) < 4.78 is 2.06. The molecule has 1 aliphatic heterocycles. The molecule has 3 rings (SSSR count). The third-order valence-corrected chi connectivity index (χ3v) is 4.29. The quantitative estimate of drug-likeness (QED) is 0.907. The van der Waals surface area contributed by atoms with Gasteiger partial charge < -0.3 is 5.32 Å². The first-order valence-corrected chi connectivity index (χ1v) is 7.47. The molecule has 1 aromatic carbocycles. The Labute approximate surface area is 121 Å². The molecule has 1 N–H and O–H groups in total. The van der Waals surface area contributed by atoms with E-state index in [1.165, 1.54) is 35.2 Å². The second-order valence-corrected chi connectivity index (χ2v) is 5.94. The number of hydrogen-bond acceptors (Lipinski definition) is 2. The largest absolute Gasteiger partial charge is 0.316 e. The van der Waals surface area contributed by atoms with Gasteiger partial charge in [-0.05, 0) is 44.9 Å². The maximum absolute atomic E-state index is 4.74. The number of rotatable bonds is 2. The van der Waals surface area contributed by atoms with E-state index in [9.17, 15) is 0 Å². The molecule has 1 aromatic heterocycles. The molecule has 0 amide bonds. The Kier molecular flexibility index (Phi) is 3.62. The van der Waals surface area contributed by atoms with Gasteiger partial charge in [0.2, 0.25) is 0 Å². The average molecular weight is 269 g/mol. The van der Waals surface area contributed by atoms with Crippen molar-refractivity contribution in [3.63, 3.8) is 0 Å². The van der Waals surface area contributed by atoms with E-state index < -0.39 is 0 Å². The summed E-state index contributed by atoms with van der Waals surface area (Å²) in [6.45, 7) is 6.53. The van der Waals surface area contributed by atoms with Gasteiger partial charge in [0.15, 0.2) is 0 Å². The van der Waals surface area contributed by atoms with Crippen LogP contribution in [0.1, 0.15) is 35.6 Å². The molecular formula is C17H23N3. The smallest absolute Gasteiger partial charge is 0.0928 e. The number of nitrogens with one attached hydrogen (secondary N) is 1. The molecule has 0 aliphatic carbocycles. The summed E-state index contributed by atoms with van der Waals surface area (Å²) in [6, 6.07) is 8.86. The average Bonchev–Trinajstić information content (AvgIpc) is 2.81. The Bertz CT molecular complexity index is 607. The van der Waals surface area contributed by atoms with Gasteiger partial charge in [-0.3, -0.25) is 4.68 Å². The molecule has 1 atom stereocenters. The number of nitrogens with zero attached hydrogens (tertiary/aromatic N) is 2. The fraction of sp³-hybridized carbons (Fsp3) is 0.471. The maximum atomic E-state index is 4.74. The van der Waals surface area contributed by atoms with Gasteiger partial charge in [0.1, 0.15) is 0 Å². The van der Waals surface area contributed by atoms with Crippen molar-refractivity contribution in [3.05, 3.63) is 41.1 Å². The summed E-state index contributed by atoms with van der Waals surface area (Å²) in [6.07, 6.45) is 2.52. The van der Waals surface area contributed by atoms with E-state index in [4.69, 9.17) is 5.10 Å². The van der Waals surface area contributed by atoms with Gasteiger partial charge >= 0.3 is 0 Å². The van der Waals surface area contributed by atoms with Gasteiger partial charge in [-0.15, -0.1) is 0 Å². The number of aryl methyl sites for hydroxylation is 3. The van der Waals surface area contributed by atoms with Gasteiger partial charge in [-0.2, -0.15) is 5.10 Å². The van der Waals surface area contributed by atoms with Crippen molar-refractivity contribution < 1.29 is 0 Å². The Morgan fingerprint density at radius 2 is 2.10 bits per heavy atom. The monoisotopic (exact) mass is 269 g/mol. The minimum atomic E-state index is 0.598. The van der Waals surface area contributed by atoms with Crippen molar-refractivity contribution >= 4 is 0 Å². The van der Waals surface area contributed by atoms with Crippen molar-refractivity contribution in [2.45, 2.75) is 32.6 Å². The summed E-state index contributed by atoms with van der Waals surface area (Å²) in [5.74, 6) is 0.598. The highest BCUT2D eigenvalue weighted by atomic mass is 15.3. The molecule has 1 aliphatic rings. The van der Waals surface area contributed by atoms with E-state index in [0.717, 1.165) is 18.8 Å². The van der Waals surface area contributed by atoms with Crippen LogP contribution in [0, 0.1) is 13.8 Å². The van der Waals surface area contributed by atoms with Crippen molar-refractivity contribution in [1.82, 2.24) is 15.1 Å². The molecule has 106 valence electrons. The Morgan fingerprint density at radius 3 is 2.80 bits per heavy atom. The predicted molar refractivity (Wildman–Crippen MR) is 83.0 cm³/mol. The lowest BCUT2D eigenvalue weighted by Gasteiger charge is -2.22. The molecule has 0 bridgehead atoms. The summed E-state index contributed by atoms with van der Waals surface area (Å²) in [7, 11) is 2.07. The van der Waals surface area contributed by atoms with E-state index in [1.807, 2.05) is 0 Å². The molecule has 1 fully saturated rings. The zero-order chi connectivity index (χ0) is 14.1. The molecule has 0 spiro atoms. The lowest BCUT2D eigenvalue weighted by Crippen LogP contribution is -2.29. The zero-order valence-corrected chi connectivity index (χ0v) is 12.6. The van der Waals surface area contributed by atoms with E-state index in [0.29, 0.717) is 5.92 Å². The van der Waals surface area contributed by atoms with Crippen molar-refractivity contribution in [2.75, 3.05) is 13.1 Å². The summed E-state index contributed by atoms with van der Waals surface area (Å²) in [4.78, 5) is 0. The molecular weight excluding hydrogens is 246 g/mol. The second-order valence-electron chi connectivity index (χ2n) is 5.94. The van der Waals surface area contributed by atoms with E-state index in [2.05, 4.69) is 55.2 Å². The van der Waals surface area contributed by atoms with Crippen molar-refractivity contribution in [2.24, 2.45) is 7.05 Å². The van der Waals surface area contributed by atoms with Crippen molar-refractivity contribution in [1.29, 1.82) is 0 Å². The molecule has 3 heteroatoms. The van der Waals surface area contributed by atoms with Crippen LogP contribution in [0.4, 0.5) is 0 Å². The highest BCUT2D eigenvalue weighted by Gasteiger charge is 2.20. The number of aromatic nitrogens is 2. The van der Waals surface area contributed by atoms with Gasteiger partial charge in [0.25, 0.3) is 0 Å². The third kappa shape index (κ3) is 2.50. The van der Waals surface area contributed by atoms with Crippen LogP contribution in [0.5, 0.6) is 0 Å². The molecule has 1 saturated heterocycles. The first-order valence-electron chi connectivity index (χ1n) is 7.47. The Balaban J connectivity index is 1.95. The fourth-order valence-corrected chi connectivity index (χ4v) is 3.20. The normalized spacial score (nSPS) is 19.2. The summed E-state index contributed by atoms with van der Waals surface area (Å²) in [5, 5.41) is 8.22. The van der Waals surface area contributed by atoms with Crippen molar-refractivity contribution in [3.8, 4) is 11.3 Å². The minimum absolute atomic E-state index is 0.598. The van der Waals surface area contributed by atoms with Crippen LogP contribution in [0.3, 0.4) is 0 Å². The predicted octanol–water partition coefficient (Wildman–Crippen LogP) is 3.17. The van der Waals surface area contributed by atoms with Crippen LogP contribution < -0.4 is 5.32 Å². The first kappa shape index (κ1) is 13.4. The van der Waals surface area contributed by atoms with Crippen LogP contribution in [0.2, 0.25) is 0 Å². The topological polar surface area (TPSA) is 29.9 Å². The molecule has 2 aromatic rings. The molecule has 20 heavy (non-hydrogen) atoms. The molecule has 2 heterocycles. The SMILES string of the molecule is Cc1ccc(-c2cc(C3CCCNC3)n(C)n2)c(C)c1. The number of piperidine rings is 1. The van der Waals surface area contributed by atoms with Gasteiger partial charge in [0.05, 0.1) is 5.69 Å². The third-order valence-electron chi connectivity index (χ3n) is 4.29. The van der Waals surface area contributed by atoms with Crippen LogP contribution in [-0.4, -0.2) is 22.9 Å².